The van der Waals surface area contributed by atoms with Crippen molar-refractivity contribution in [3.05, 3.63) is 0 Å². The van der Waals surface area contributed by atoms with Crippen LogP contribution in [0.15, 0.2) is 0 Å². The van der Waals surface area contributed by atoms with Gasteiger partial charge in [0.05, 0.1) is 0 Å². The quantitative estimate of drug-likeness (QED) is 0.809. The van der Waals surface area contributed by atoms with Crippen molar-refractivity contribution in [3.63, 3.8) is 0 Å². The minimum absolute atomic E-state index is 0.0852. The molecule has 2 amide bonds. The average molecular weight is 322 g/mol. The van der Waals surface area contributed by atoms with E-state index in [4.69, 9.17) is 0 Å². The maximum absolute atomic E-state index is 12.3. The van der Waals surface area contributed by atoms with E-state index in [1.54, 1.807) is 0 Å². The Morgan fingerprint density at radius 2 is 1.57 bits per heavy atom. The predicted molar refractivity (Wildman–Crippen MR) is 94.6 cm³/mol. The van der Waals surface area contributed by atoms with Crippen molar-refractivity contribution < 1.29 is 4.79 Å². The van der Waals surface area contributed by atoms with Gasteiger partial charge in [0, 0.05) is 24.2 Å². The summed E-state index contributed by atoms with van der Waals surface area (Å²) in [5, 5.41) is 6.51. The molecule has 3 rings (SSSR count). The highest BCUT2D eigenvalue weighted by molar-refractivity contribution is 5.74. The van der Waals surface area contributed by atoms with E-state index >= 15 is 0 Å². The van der Waals surface area contributed by atoms with Crippen molar-refractivity contribution in [2.75, 3.05) is 6.54 Å². The molecule has 0 aromatic heterocycles. The molecule has 2 saturated heterocycles. The largest absolute Gasteiger partial charge is 0.335 e. The van der Waals surface area contributed by atoms with Crippen LogP contribution in [0.1, 0.15) is 84.0 Å². The maximum atomic E-state index is 12.3. The van der Waals surface area contributed by atoms with Crippen molar-refractivity contribution >= 4 is 6.03 Å². The summed E-state index contributed by atoms with van der Waals surface area (Å²) >= 11 is 0. The molecule has 4 heteroatoms. The second-order valence-corrected chi connectivity index (χ2v) is 7.95. The lowest BCUT2D eigenvalue weighted by Gasteiger charge is -2.49. The molecule has 2 bridgehead atoms. The summed E-state index contributed by atoms with van der Waals surface area (Å²) in [6.45, 7) is 3.53. The number of piperidine rings is 2. The van der Waals surface area contributed by atoms with Crippen LogP contribution < -0.4 is 10.6 Å². The number of nitrogens with zero attached hydrogens (tertiary/aromatic N) is 1. The molecule has 2 N–H and O–H groups in total. The van der Waals surface area contributed by atoms with Gasteiger partial charge in [0.15, 0.2) is 0 Å². The van der Waals surface area contributed by atoms with Crippen LogP contribution in [0.25, 0.3) is 0 Å². The van der Waals surface area contributed by atoms with Gasteiger partial charge < -0.3 is 10.6 Å². The Labute approximate surface area is 141 Å². The first-order valence-electron chi connectivity index (χ1n) is 10.1. The maximum Gasteiger partial charge on any atom is 0.315 e. The van der Waals surface area contributed by atoms with E-state index in [0.29, 0.717) is 24.2 Å². The average Bonchev–Trinajstić information content (AvgIpc) is 2.53. The SMILES string of the molecule is CCCCN1[C@H]2CCC[C@H]1CC(NC(=O)NC1CCCCC1)C2. The lowest BCUT2D eigenvalue weighted by molar-refractivity contribution is 0.0256. The Kier molecular flexibility index (Phi) is 6.21. The number of amides is 2. The monoisotopic (exact) mass is 321 g/mol. The molecule has 2 aliphatic heterocycles. The first-order chi connectivity index (χ1) is 11.3. The standard InChI is InChI=1S/C19H35N3O/c1-2-3-12-22-17-10-7-11-18(22)14-16(13-17)21-19(23)20-15-8-5-4-6-9-15/h15-18H,2-14H2,1H3,(H2,20,21,23)/t17-,18-/m0/s1. The minimum atomic E-state index is 0.0852. The summed E-state index contributed by atoms with van der Waals surface area (Å²) in [5.41, 5.74) is 0. The van der Waals surface area contributed by atoms with Crippen LogP contribution >= 0.6 is 0 Å². The highest BCUT2D eigenvalue weighted by Crippen LogP contribution is 2.34. The van der Waals surface area contributed by atoms with Gasteiger partial charge in [-0.1, -0.05) is 39.0 Å². The van der Waals surface area contributed by atoms with Gasteiger partial charge in [0.2, 0.25) is 0 Å². The van der Waals surface area contributed by atoms with Gasteiger partial charge in [-0.15, -0.1) is 0 Å². The number of unbranched alkanes of at least 4 members (excludes halogenated alkanes) is 1. The molecule has 0 unspecified atom stereocenters. The summed E-state index contributed by atoms with van der Waals surface area (Å²) in [4.78, 5) is 15.1. The zero-order valence-corrected chi connectivity index (χ0v) is 14.9. The fraction of sp³-hybridized carbons (Fsp3) is 0.947. The van der Waals surface area contributed by atoms with Crippen LogP contribution in [-0.2, 0) is 0 Å². The van der Waals surface area contributed by atoms with Crippen LogP contribution in [0.5, 0.6) is 0 Å². The first-order valence-corrected chi connectivity index (χ1v) is 10.1. The Morgan fingerprint density at radius 3 is 2.22 bits per heavy atom. The number of hydrogen-bond donors (Lipinski definition) is 2. The van der Waals surface area contributed by atoms with Crippen molar-refractivity contribution in [1.82, 2.24) is 15.5 Å². The van der Waals surface area contributed by atoms with Crippen LogP contribution in [0.2, 0.25) is 0 Å². The summed E-state index contributed by atoms with van der Waals surface area (Å²) in [5.74, 6) is 0. The molecule has 1 saturated carbocycles. The van der Waals surface area contributed by atoms with Crippen LogP contribution in [-0.4, -0.2) is 41.6 Å². The molecule has 3 aliphatic rings. The predicted octanol–water partition coefficient (Wildman–Crippen LogP) is 3.80. The Hall–Kier alpha value is -0.770. The Morgan fingerprint density at radius 1 is 0.913 bits per heavy atom. The van der Waals surface area contributed by atoms with Gasteiger partial charge in [-0.25, -0.2) is 4.79 Å². The summed E-state index contributed by atoms with van der Waals surface area (Å²) in [6, 6.07) is 2.28. The van der Waals surface area contributed by atoms with E-state index in [0.717, 1.165) is 25.7 Å². The van der Waals surface area contributed by atoms with Crippen LogP contribution in [0.4, 0.5) is 4.79 Å². The van der Waals surface area contributed by atoms with E-state index in [2.05, 4.69) is 22.5 Å². The summed E-state index contributed by atoms with van der Waals surface area (Å²) in [6.07, 6.45) is 15.1. The molecule has 0 aromatic rings. The zero-order valence-electron chi connectivity index (χ0n) is 14.9. The van der Waals surface area contributed by atoms with Gasteiger partial charge in [0.1, 0.15) is 0 Å². The number of carbonyl (C=O) groups is 1. The van der Waals surface area contributed by atoms with Crippen molar-refractivity contribution in [1.29, 1.82) is 0 Å². The molecule has 0 radical (unpaired) electrons. The number of nitrogens with one attached hydrogen (secondary N) is 2. The van der Waals surface area contributed by atoms with E-state index in [1.165, 1.54) is 57.9 Å². The molecule has 1 aliphatic carbocycles. The second-order valence-electron chi connectivity index (χ2n) is 7.95. The van der Waals surface area contributed by atoms with E-state index in [-0.39, 0.29) is 6.03 Å². The smallest absolute Gasteiger partial charge is 0.315 e. The molecule has 23 heavy (non-hydrogen) atoms. The molecule has 3 fully saturated rings. The Bertz CT molecular complexity index is 367. The van der Waals surface area contributed by atoms with Crippen LogP contribution in [0.3, 0.4) is 0 Å². The van der Waals surface area contributed by atoms with Crippen molar-refractivity contribution in [2.24, 2.45) is 0 Å². The fourth-order valence-corrected chi connectivity index (χ4v) is 4.96. The third kappa shape index (κ3) is 4.62. The van der Waals surface area contributed by atoms with E-state index < -0.39 is 0 Å². The molecular weight excluding hydrogens is 286 g/mol. The summed E-state index contributed by atoms with van der Waals surface area (Å²) in [7, 11) is 0. The molecule has 4 nitrogen and oxygen atoms in total. The fourth-order valence-electron chi connectivity index (χ4n) is 4.96. The highest BCUT2D eigenvalue weighted by Gasteiger charge is 2.38. The number of carbonyl (C=O) groups excluding carboxylic acids is 1. The van der Waals surface area contributed by atoms with E-state index in [1.807, 2.05) is 0 Å². The Balaban J connectivity index is 1.47. The lowest BCUT2D eigenvalue weighted by atomic mass is 9.81. The van der Waals surface area contributed by atoms with Gasteiger partial charge in [-0.05, 0) is 51.5 Å². The minimum Gasteiger partial charge on any atom is -0.335 e. The molecule has 0 aromatic carbocycles. The number of fused-ring (bicyclic) bond motifs is 2. The number of rotatable bonds is 5. The third-order valence-electron chi connectivity index (χ3n) is 6.17. The van der Waals surface area contributed by atoms with E-state index in [9.17, 15) is 4.79 Å². The lowest BCUT2D eigenvalue weighted by Crippen LogP contribution is -2.58. The zero-order chi connectivity index (χ0) is 16.1. The second kappa shape index (κ2) is 8.36. The molecular formula is C19H35N3O. The van der Waals surface area contributed by atoms with Crippen LogP contribution in [0, 0.1) is 0 Å². The number of hydrogen-bond acceptors (Lipinski definition) is 2. The van der Waals surface area contributed by atoms with Gasteiger partial charge in [-0.3, -0.25) is 4.90 Å². The van der Waals surface area contributed by atoms with Gasteiger partial charge in [-0.2, -0.15) is 0 Å². The topological polar surface area (TPSA) is 44.4 Å². The molecule has 2 heterocycles. The van der Waals surface area contributed by atoms with Crippen molar-refractivity contribution in [2.45, 2.75) is 108 Å². The normalized spacial score (nSPS) is 32.5. The van der Waals surface area contributed by atoms with Crippen molar-refractivity contribution in [3.8, 4) is 0 Å². The third-order valence-corrected chi connectivity index (χ3v) is 6.17. The van der Waals surface area contributed by atoms with Gasteiger partial charge in [0.25, 0.3) is 0 Å². The molecule has 132 valence electrons. The molecule has 0 spiro atoms. The highest BCUT2D eigenvalue weighted by atomic mass is 16.2. The first kappa shape index (κ1) is 17.1. The summed E-state index contributed by atoms with van der Waals surface area (Å²) < 4.78 is 0. The molecule has 2 atom stereocenters. The number of urea groups is 1. The van der Waals surface area contributed by atoms with Gasteiger partial charge >= 0.3 is 6.03 Å².